The molecule has 0 bridgehead atoms. The topological polar surface area (TPSA) is 124 Å². The number of aromatic nitrogens is 5. The van der Waals surface area contributed by atoms with Crippen molar-refractivity contribution in [3.05, 3.63) is 31.0 Å². The Hall–Kier alpha value is -2.81. The monoisotopic (exact) mass is 480 g/mol. The molecule has 0 spiro atoms. The van der Waals surface area contributed by atoms with Crippen LogP contribution in [0.25, 0.3) is 22.3 Å². The summed E-state index contributed by atoms with van der Waals surface area (Å²) in [6.45, 7) is 2.31. The van der Waals surface area contributed by atoms with Crippen molar-refractivity contribution in [2.45, 2.75) is 44.1 Å². The number of H-pyrrole nitrogens is 1. The quantitative estimate of drug-likeness (QED) is 0.598. The molecule has 3 aromatic rings. The van der Waals surface area contributed by atoms with E-state index in [0.29, 0.717) is 32.6 Å². The molecule has 10 nitrogen and oxygen atoms in total. The van der Waals surface area contributed by atoms with Crippen molar-refractivity contribution in [2.24, 2.45) is 11.8 Å². The Morgan fingerprint density at radius 2 is 1.88 bits per heavy atom. The highest BCUT2D eigenvalue weighted by atomic mass is 32.2. The zero-order chi connectivity index (χ0) is 23.3. The van der Waals surface area contributed by atoms with Crippen LogP contribution < -0.4 is 0 Å². The van der Waals surface area contributed by atoms with E-state index in [0.717, 1.165) is 54.4 Å². The Kier molecular flexibility index (Phi) is 5.20. The molecule has 1 aliphatic carbocycles. The van der Waals surface area contributed by atoms with Crippen molar-refractivity contribution >= 4 is 21.2 Å². The lowest BCUT2D eigenvalue weighted by Gasteiger charge is -2.32. The van der Waals surface area contributed by atoms with Gasteiger partial charge in [-0.1, -0.05) is 6.42 Å². The molecule has 0 amide bonds. The van der Waals surface area contributed by atoms with Crippen molar-refractivity contribution in [1.29, 1.82) is 5.26 Å². The van der Waals surface area contributed by atoms with Gasteiger partial charge in [-0.25, -0.2) is 9.97 Å². The SMILES string of the molecule is N#CCC1(n2cc(-c3ncnc4[nH]ccc34)cn2)C[C@H]2CN(S(=O)(=O)N3CCCCC3)C[C@H]2C1. The molecule has 2 saturated heterocycles. The fraction of sp³-hybridized carbons (Fsp3) is 0.565. The molecule has 178 valence electrons. The van der Waals surface area contributed by atoms with Gasteiger partial charge in [0.2, 0.25) is 0 Å². The van der Waals surface area contributed by atoms with E-state index in [4.69, 9.17) is 0 Å². The summed E-state index contributed by atoms with van der Waals surface area (Å²) in [6, 6.07) is 4.32. The van der Waals surface area contributed by atoms with E-state index in [1.54, 1.807) is 14.8 Å². The fourth-order valence-electron chi connectivity index (χ4n) is 6.23. The molecular formula is C23H28N8O2S. The second-order valence-corrected chi connectivity index (χ2v) is 11.8. The molecule has 0 aromatic carbocycles. The third kappa shape index (κ3) is 3.43. The highest BCUT2D eigenvalue weighted by Gasteiger charge is 2.53. The minimum atomic E-state index is -3.40. The number of nitrogens with zero attached hydrogens (tertiary/aromatic N) is 7. The first-order valence-electron chi connectivity index (χ1n) is 12.0. The number of nitriles is 1. The summed E-state index contributed by atoms with van der Waals surface area (Å²) in [5.41, 5.74) is 2.04. The van der Waals surface area contributed by atoms with Crippen LogP contribution in [0.4, 0.5) is 0 Å². The molecule has 3 fully saturated rings. The van der Waals surface area contributed by atoms with Gasteiger partial charge in [-0.2, -0.15) is 27.4 Å². The molecular weight excluding hydrogens is 452 g/mol. The predicted octanol–water partition coefficient (Wildman–Crippen LogP) is 2.50. The van der Waals surface area contributed by atoms with Crippen LogP contribution >= 0.6 is 0 Å². The van der Waals surface area contributed by atoms with Crippen LogP contribution in [0.1, 0.15) is 38.5 Å². The molecule has 3 atom stereocenters. The summed E-state index contributed by atoms with van der Waals surface area (Å²) in [6.07, 6.45) is 12.0. The Labute approximate surface area is 198 Å². The summed E-state index contributed by atoms with van der Waals surface area (Å²) in [4.78, 5) is 11.8. The van der Waals surface area contributed by atoms with Gasteiger partial charge in [-0.15, -0.1) is 0 Å². The molecule has 2 aliphatic heterocycles. The minimum absolute atomic E-state index is 0.232. The Morgan fingerprint density at radius 1 is 1.12 bits per heavy atom. The van der Waals surface area contributed by atoms with Crippen LogP contribution in [0.15, 0.2) is 31.0 Å². The van der Waals surface area contributed by atoms with Crippen LogP contribution in [-0.2, 0) is 15.7 Å². The predicted molar refractivity (Wildman–Crippen MR) is 125 cm³/mol. The Bertz CT molecular complexity index is 1340. The smallest absolute Gasteiger partial charge is 0.281 e. The maximum atomic E-state index is 13.2. The number of nitrogens with one attached hydrogen (secondary N) is 1. The van der Waals surface area contributed by atoms with E-state index >= 15 is 0 Å². The minimum Gasteiger partial charge on any atom is -0.346 e. The first kappa shape index (κ1) is 21.7. The van der Waals surface area contributed by atoms with Gasteiger partial charge in [0.15, 0.2) is 0 Å². The maximum Gasteiger partial charge on any atom is 0.281 e. The standard InChI is InChI=1S/C23H28N8O2S/c24-6-5-23(31-15-19(12-28-31)21-20-4-7-25-22(20)27-16-26-21)10-17-13-30(14-18(17)11-23)34(32,33)29-8-2-1-3-9-29/h4,7,12,15-18H,1-3,5,8-11,13-14H2,(H,25,26,27)/t17-,18+,23?. The normalized spacial score (nSPS) is 28.3. The van der Waals surface area contributed by atoms with E-state index in [1.165, 1.54) is 6.33 Å². The lowest BCUT2D eigenvalue weighted by molar-refractivity contribution is 0.236. The van der Waals surface area contributed by atoms with E-state index in [2.05, 4.69) is 26.1 Å². The fourth-order valence-corrected chi connectivity index (χ4v) is 8.04. The number of fused-ring (bicyclic) bond motifs is 2. The van der Waals surface area contributed by atoms with Gasteiger partial charge >= 0.3 is 0 Å². The van der Waals surface area contributed by atoms with Crippen LogP contribution in [0.5, 0.6) is 0 Å². The van der Waals surface area contributed by atoms with Gasteiger partial charge in [0, 0.05) is 49.5 Å². The maximum absolute atomic E-state index is 13.2. The van der Waals surface area contributed by atoms with Crippen LogP contribution in [0.3, 0.4) is 0 Å². The van der Waals surface area contributed by atoms with Crippen LogP contribution in [-0.4, -0.2) is 67.9 Å². The first-order valence-corrected chi connectivity index (χ1v) is 13.4. The molecule has 5 heterocycles. The van der Waals surface area contributed by atoms with E-state index in [1.807, 2.05) is 23.1 Å². The number of piperidine rings is 1. The molecule has 34 heavy (non-hydrogen) atoms. The zero-order valence-corrected chi connectivity index (χ0v) is 19.8. The van der Waals surface area contributed by atoms with Crippen molar-refractivity contribution in [3.8, 4) is 17.3 Å². The zero-order valence-electron chi connectivity index (χ0n) is 19.0. The summed E-state index contributed by atoms with van der Waals surface area (Å²) in [7, 11) is -3.40. The second-order valence-electron chi connectivity index (χ2n) is 9.91. The van der Waals surface area contributed by atoms with E-state index in [-0.39, 0.29) is 11.8 Å². The number of hydrogen-bond donors (Lipinski definition) is 1. The molecule has 0 radical (unpaired) electrons. The summed E-state index contributed by atoms with van der Waals surface area (Å²) < 4.78 is 31.7. The van der Waals surface area contributed by atoms with Crippen molar-refractivity contribution < 1.29 is 8.42 Å². The van der Waals surface area contributed by atoms with E-state index in [9.17, 15) is 13.7 Å². The van der Waals surface area contributed by atoms with Crippen LogP contribution in [0, 0.1) is 23.2 Å². The van der Waals surface area contributed by atoms with Gasteiger partial charge in [0.05, 0.1) is 29.9 Å². The average molecular weight is 481 g/mol. The Morgan fingerprint density at radius 3 is 2.62 bits per heavy atom. The summed E-state index contributed by atoms with van der Waals surface area (Å²) in [5.74, 6) is 0.465. The lowest BCUT2D eigenvalue weighted by atomic mass is 9.92. The molecule has 1 unspecified atom stereocenters. The van der Waals surface area contributed by atoms with Crippen LogP contribution in [0.2, 0.25) is 0 Å². The van der Waals surface area contributed by atoms with Gasteiger partial charge in [0.25, 0.3) is 10.2 Å². The number of hydrogen-bond acceptors (Lipinski definition) is 6. The van der Waals surface area contributed by atoms with Crippen molar-refractivity contribution in [1.82, 2.24) is 33.3 Å². The molecule has 6 rings (SSSR count). The Balaban J connectivity index is 1.24. The largest absolute Gasteiger partial charge is 0.346 e. The lowest BCUT2D eigenvalue weighted by Crippen LogP contribution is -2.46. The van der Waals surface area contributed by atoms with Gasteiger partial charge in [0.1, 0.15) is 12.0 Å². The second kappa shape index (κ2) is 8.15. The third-order valence-corrected chi connectivity index (χ3v) is 9.87. The first-order chi connectivity index (χ1) is 16.5. The average Bonchev–Trinajstić information content (AvgIpc) is 3.62. The number of aromatic amines is 1. The third-order valence-electron chi connectivity index (χ3n) is 7.90. The molecule has 11 heteroatoms. The highest BCUT2D eigenvalue weighted by molar-refractivity contribution is 7.86. The van der Waals surface area contributed by atoms with Gasteiger partial charge < -0.3 is 4.98 Å². The van der Waals surface area contributed by atoms with Crippen molar-refractivity contribution in [3.63, 3.8) is 0 Å². The summed E-state index contributed by atoms with van der Waals surface area (Å²) in [5, 5.41) is 15.3. The molecule has 3 aliphatic rings. The molecule has 1 saturated carbocycles. The molecule has 3 aromatic heterocycles. The molecule has 1 N–H and O–H groups in total. The summed E-state index contributed by atoms with van der Waals surface area (Å²) >= 11 is 0. The van der Waals surface area contributed by atoms with Gasteiger partial charge in [-0.3, -0.25) is 4.68 Å². The van der Waals surface area contributed by atoms with Gasteiger partial charge in [-0.05, 0) is 43.6 Å². The van der Waals surface area contributed by atoms with Crippen molar-refractivity contribution in [2.75, 3.05) is 26.2 Å². The number of rotatable bonds is 5. The highest BCUT2D eigenvalue weighted by Crippen LogP contribution is 2.50. The van der Waals surface area contributed by atoms with E-state index < -0.39 is 15.7 Å².